The molecule has 0 saturated carbocycles. The molecule has 4 heteroatoms. The van der Waals surface area contributed by atoms with Gasteiger partial charge in [-0.05, 0) is 24.5 Å². The molecule has 0 aliphatic carbocycles. The van der Waals surface area contributed by atoms with Crippen molar-refractivity contribution < 1.29 is 4.79 Å². The van der Waals surface area contributed by atoms with E-state index in [-0.39, 0.29) is 5.78 Å². The lowest BCUT2D eigenvalue weighted by Gasteiger charge is -2.08. The number of fused-ring (bicyclic) bond motifs is 1. The van der Waals surface area contributed by atoms with Crippen molar-refractivity contribution in [3.8, 4) is 0 Å². The van der Waals surface area contributed by atoms with Gasteiger partial charge in [-0.3, -0.25) is 4.79 Å². The van der Waals surface area contributed by atoms with Crippen molar-refractivity contribution in [3.05, 3.63) is 34.4 Å². The fourth-order valence-corrected chi connectivity index (χ4v) is 2.83. The molecule has 0 aliphatic rings. The van der Waals surface area contributed by atoms with Crippen LogP contribution in [0.3, 0.4) is 0 Å². The molecule has 0 N–H and O–H groups in total. The van der Waals surface area contributed by atoms with E-state index in [0.717, 1.165) is 27.5 Å². The van der Waals surface area contributed by atoms with Crippen molar-refractivity contribution in [1.29, 1.82) is 0 Å². The number of aromatic nitrogens is 1. The molecule has 20 heavy (non-hydrogen) atoms. The van der Waals surface area contributed by atoms with Crippen molar-refractivity contribution in [2.75, 3.05) is 0 Å². The van der Waals surface area contributed by atoms with E-state index < -0.39 is 5.38 Å². The van der Waals surface area contributed by atoms with Gasteiger partial charge in [0, 0.05) is 33.7 Å². The first-order chi connectivity index (χ1) is 9.43. The number of nitrogens with zero attached hydrogens (tertiary/aromatic N) is 1. The Morgan fingerprint density at radius 3 is 2.70 bits per heavy atom. The van der Waals surface area contributed by atoms with Gasteiger partial charge in [-0.2, -0.15) is 0 Å². The maximum absolute atomic E-state index is 12.4. The van der Waals surface area contributed by atoms with Crippen LogP contribution in [-0.2, 0) is 6.54 Å². The molecule has 0 saturated heterocycles. The number of alkyl halides is 1. The Labute approximate surface area is 133 Å². The molecular formula is C16H19BrClNO. The molecule has 2 nitrogen and oxygen atoms in total. The van der Waals surface area contributed by atoms with Gasteiger partial charge in [-0.15, -0.1) is 11.6 Å². The fraction of sp³-hybridized carbons (Fsp3) is 0.438. The molecule has 108 valence electrons. The van der Waals surface area contributed by atoms with E-state index >= 15 is 0 Å². The van der Waals surface area contributed by atoms with Gasteiger partial charge >= 0.3 is 0 Å². The normalized spacial score (nSPS) is 13.1. The Morgan fingerprint density at radius 2 is 2.10 bits per heavy atom. The molecule has 2 rings (SSSR count). The van der Waals surface area contributed by atoms with Crippen LogP contribution < -0.4 is 0 Å². The Hall–Kier alpha value is -0.800. The van der Waals surface area contributed by atoms with Crippen molar-refractivity contribution in [3.63, 3.8) is 0 Å². The molecule has 1 aromatic carbocycles. The highest BCUT2D eigenvalue weighted by molar-refractivity contribution is 9.10. The topological polar surface area (TPSA) is 22.0 Å². The molecular weight excluding hydrogens is 338 g/mol. The summed E-state index contributed by atoms with van der Waals surface area (Å²) in [6.45, 7) is 7.15. The molecule has 0 amide bonds. The summed E-state index contributed by atoms with van der Waals surface area (Å²) in [6.07, 6.45) is 2.60. The van der Waals surface area contributed by atoms with E-state index in [0.29, 0.717) is 12.3 Å². The molecule has 1 atom stereocenters. The second kappa shape index (κ2) is 6.31. The largest absolute Gasteiger partial charge is 0.346 e. The molecule has 0 radical (unpaired) electrons. The summed E-state index contributed by atoms with van der Waals surface area (Å²) in [5.41, 5.74) is 1.81. The van der Waals surface area contributed by atoms with Gasteiger partial charge in [-0.25, -0.2) is 0 Å². The summed E-state index contributed by atoms with van der Waals surface area (Å²) in [7, 11) is 0. The van der Waals surface area contributed by atoms with Gasteiger partial charge < -0.3 is 4.57 Å². The number of hydrogen-bond acceptors (Lipinski definition) is 1. The van der Waals surface area contributed by atoms with E-state index in [1.54, 1.807) is 0 Å². The highest BCUT2D eigenvalue weighted by Crippen LogP contribution is 2.28. The quantitative estimate of drug-likeness (QED) is 0.529. The average Bonchev–Trinajstić information content (AvgIpc) is 2.74. The predicted molar refractivity (Wildman–Crippen MR) is 88.7 cm³/mol. The third-order valence-corrected chi connectivity index (χ3v) is 4.31. The average molecular weight is 357 g/mol. The first-order valence-electron chi connectivity index (χ1n) is 6.90. The van der Waals surface area contributed by atoms with Gasteiger partial charge in [-0.1, -0.05) is 42.8 Å². The summed E-state index contributed by atoms with van der Waals surface area (Å²) in [6, 6.07) is 6.01. The molecule has 0 bridgehead atoms. The van der Waals surface area contributed by atoms with Gasteiger partial charge in [0.1, 0.15) is 0 Å². The number of hydrogen-bond donors (Lipinski definition) is 0. The zero-order valence-electron chi connectivity index (χ0n) is 12.0. The minimum Gasteiger partial charge on any atom is -0.346 e. The van der Waals surface area contributed by atoms with Crippen molar-refractivity contribution in [1.82, 2.24) is 4.57 Å². The summed E-state index contributed by atoms with van der Waals surface area (Å²) in [5, 5.41) is 0.537. The van der Waals surface area contributed by atoms with Gasteiger partial charge in [0.25, 0.3) is 0 Å². The first kappa shape index (κ1) is 15.6. The summed E-state index contributed by atoms with van der Waals surface area (Å²) < 4.78 is 3.17. The predicted octanol–water partition coefficient (Wildman–Crippen LogP) is 5.26. The van der Waals surface area contributed by atoms with E-state index in [1.807, 2.05) is 25.3 Å². The summed E-state index contributed by atoms with van der Waals surface area (Å²) in [4.78, 5) is 12.4. The second-order valence-corrected chi connectivity index (χ2v) is 6.93. The van der Waals surface area contributed by atoms with Crippen LogP contribution in [0.25, 0.3) is 10.9 Å². The van der Waals surface area contributed by atoms with E-state index in [9.17, 15) is 4.79 Å². The summed E-state index contributed by atoms with van der Waals surface area (Å²) in [5.74, 6) is 0.537. The molecule has 2 aromatic rings. The Morgan fingerprint density at radius 1 is 1.40 bits per heavy atom. The number of rotatable bonds is 5. The highest BCUT2D eigenvalue weighted by Gasteiger charge is 2.21. The van der Waals surface area contributed by atoms with Crippen LogP contribution in [-0.4, -0.2) is 15.7 Å². The van der Waals surface area contributed by atoms with Crippen LogP contribution in [0, 0.1) is 5.92 Å². The lowest BCUT2D eigenvalue weighted by atomic mass is 10.1. The summed E-state index contributed by atoms with van der Waals surface area (Å²) >= 11 is 9.63. The number of Topliss-reactive ketones (excluding diaryl/α,β-unsaturated/α-hetero) is 1. The lowest BCUT2D eigenvalue weighted by Crippen LogP contribution is -2.13. The highest BCUT2D eigenvalue weighted by atomic mass is 79.9. The van der Waals surface area contributed by atoms with E-state index in [4.69, 9.17) is 11.6 Å². The third-order valence-electron chi connectivity index (χ3n) is 3.31. The SMILES string of the molecule is CCC(Cl)C(=O)c1cn(CC(C)C)c2cc(Br)ccc12. The third kappa shape index (κ3) is 3.09. The smallest absolute Gasteiger partial charge is 0.182 e. The Bertz CT molecular complexity index is 633. The number of benzene rings is 1. The van der Waals surface area contributed by atoms with Crippen molar-refractivity contribution in [2.24, 2.45) is 5.92 Å². The van der Waals surface area contributed by atoms with Crippen LogP contribution in [0.4, 0.5) is 0 Å². The maximum atomic E-state index is 12.4. The lowest BCUT2D eigenvalue weighted by molar-refractivity contribution is 0.0987. The number of halogens is 2. The Kier molecular flexibility index (Phi) is 4.92. The van der Waals surface area contributed by atoms with Crippen LogP contribution >= 0.6 is 27.5 Å². The van der Waals surface area contributed by atoms with Gasteiger partial charge in [0.15, 0.2) is 5.78 Å². The fourth-order valence-electron chi connectivity index (χ4n) is 2.36. The van der Waals surface area contributed by atoms with E-state index in [2.05, 4.69) is 40.4 Å². The zero-order chi connectivity index (χ0) is 14.9. The van der Waals surface area contributed by atoms with Crippen molar-refractivity contribution >= 4 is 44.2 Å². The first-order valence-corrected chi connectivity index (χ1v) is 8.13. The standard InChI is InChI=1S/C16H19BrClNO/c1-4-14(18)16(20)13-9-19(8-10(2)3)15-7-11(17)5-6-12(13)15/h5-7,9-10,14H,4,8H2,1-3H3. The number of ketones is 1. The molecule has 0 fully saturated rings. The zero-order valence-corrected chi connectivity index (χ0v) is 14.3. The Balaban J connectivity index is 2.58. The van der Waals surface area contributed by atoms with Crippen molar-refractivity contribution in [2.45, 2.75) is 39.1 Å². The van der Waals surface area contributed by atoms with Gasteiger partial charge in [0.05, 0.1) is 5.38 Å². The molecule has 1 heterocycles. The maximum Gasteiger partial charge on any atom is 0.182 e. The number of carbonyl (C=O) groups is 1. The number of carbonyl (C=O) groups excluding carboxylic acids is 1. The molecule has 0 spiro atoms. The second-order valence-electron chi connectivity index (χ2n) is 5.49. The van der Waals surface area contributed by atoms with Crippen LogP contribution in [0.2, 0.25) is 0 Å². The van der Waals surface area contributed by atoms with Crippen LogP contribution in [0.5, 0.6) is 0 Å². The van der Waals surface area contributed by atoms with Crippen LogP contribution in [0.1, 0.15) is 37.6 Å². The van der Waals surface area contributed by atoms with Crippen LogP contribution in [0.15, 0.2) is 28.9 Å². The molecule has 0 aliphatic heterocycles. The molecule has 1 aromatic heterocycles. The van der Waals surface area contributed by atoms with E-state index in [1.165, 1.54) is 0 Å². The van der Waals surface area contributed by atoms with Gasteiger partial charge in [0.2, 0.25) is 0 Å². The minimum atomic E-state index is -0.447. The molecule has 1 unspecified atom stereocenters. The minimum absolute atomic E-state index is 0.0176. The monoisotopic (exact) mass is 355 g/mol.